The van der Waals surface area contributed by atoms with Crippen molar-refractivity contribution in [3.63, 3.8) is 0 Å². The molecule has 2 rings (SSSR count). The summed E-state index contributed by atoms with van der Waals surface area (Å²) in [4.78, 5) is 24.9. The number of benzene rings is 1. The van der Waals surface area contributed by atoms with Gasteiger partial charge in [0.05, 0.1) is 22.8 Å². The number of aromatic carboxylic acids is 1. The first-order valence-corrected chi connectivity index (χ1v) is 10.6. The maximum absolute atomic E-state index is 12.1. The Labute approximate surface area is 165 Å². The van der Waals surface area contributed by atoms with Crippen LogP contribution in [0.5, 0.6) is 0 Å². The fourth-order valence-corrected chi connectivity index (χ4v) is 4.47. The van der Waals surface area contributed by atoms with Crippen LogP contribution in [0.25, 0.3) is 0 Å². The van der Waals surface area contributed by atoms with Gasteiger partial charge in [0.1, 0.15) is 0 Å². The second kappa shape index (κ2) is 11.1. The summed E-state index contributed by atoms with van der Waals surface area (Å²) in [7, 11) is 0. The molecule has 1 aromatic rings. The van der Waals surface area contributed by atoms with E-state index in [4.69, 9.17) is 5.11 Å². The van der Waals surface area contributed by atoms with E-state index < -0.39 is 5.97 Å². The monoisotopic (exact) mass is 391 g/mol. The highest BCUT2D eigenvalue weighted by molar-refractivity contribution is 8.00. The number of thioether (sulfide) groups is 1. The summed E-state index contributed by atoms with van der Waals surface area (Å²) in [6.45, 7) is 4.30. The predicted octanol–water partition coefficient (Wildman–Crippen LogP) is 3.72. The average Bonchev–Trinajstić information content (AvgIpc) is 3.00. The molecule has 1 aliphatic heterocycles. The van der Waals surface area contributed by atoms with Crippen LogP contribution in [-0.2, 0) is 11.2 Å². The summed E-state index contributed by atoms with van der Waals surface area (Å²) >= 11 is 1.68. The van der Waals surface area contributed by atoms with Gasteiger partial charge in [0, 0.05) is 6.54 Å². The average molecular weight is 392 g/mol. The maximum atomic E-state index is 12.1. The van der Waals surface area contributed by atoms with Crippen molar-refractivity contribution in [2.75, 3.05) is 12.3 Å². The molecule has 6 heteroatoms. The maximum Gasteiger partial charge on any atom is 0.335 e. The second-order valence-electron chi connectivity index (χ2n) is 6.91. The summed E-state index contributed by atoms with van der Waals surface area (Å²) in [5, 5.41) is 19.2. The van der Waals surface area contributed by atoms with Gasteiger partial charge in [-0.05, 0) is 62.6 Å². The Morgan fingerprint density at radius 2 is 2.04 bits per heavy atom. The van der Waals surface area contributed by atoms with Crippen molar-refractivity contribution in [1.29, 1.82) is 0 Å². The van der Waals surface area contributed by atoms with E-state index in [2.05, 4.69) is 6.58 Å². The quantitative estimate of drug-likeness (QED) is 0.419. The number of carbonyl (C=O) groups is 2. The predicted molar refractivity (Wildman–Crippen MR) is 109 cm³/mol. The molecule has 5 nitrogen and oxygen atoms in total. The molecule has 1 amide bonds. The number of amides is 1. The fourth-order valence-electron chi connectivity index (χ4n) is 3.23. The number of nitrogens with zero attached hydrogens (tertiary/aromatic N) is 1. The van der Waals surface area contributed by atoms with Crippen LogP contribution in [0, 0.1) is 0 Å². The van der Waals surface area contributed by atoms with E-state index in [0.717, 1.165) is 44.1 Å². The minimum Gasteiger partial charge on any atom is -0.478 e. The molecule has 0 unspecified atom stereocenters. The van der Waals surface area contributed by atoms with Crippen LogP contribution in [-0.4, -0.2) is 50.8 Å². The van der Waals surface area contributed by atoms with Crippen molar-refractivity contribution in [3.8, 4) is 0 Å². The molecule has 1 fully saturated rings. The smallest absolute Gasteiger partial charge is 0.335 e. The lowest BCUT2D eigenvalue weighted by molar-refractivity contribution is -0.128. The Kier molecular flexibility index (Phi) is 8.88. The molecule has 1 aromatic carbocycles. The lowest BCUT2D eigenvalue weighted by atomic mass is 10.1. The molecule has 0 saturated carbocycles. The van der Waals surface area contributed by atoms with Crippen molar-refractivity contribution < 1.29 is 19.8 Å². The molecule has 0 aromatic heterocycles. The number of unbranched alkanes of at least 4 members (excludes halogenated alkanes) is 1. The van der Waals surface area contributed by atoms with Crippen LogP contribution < -0.4 is 0 Å². The largest absolute Gasteiger partial charge is 0.478 e. The van der Waals surface area contributed by atoms with E-state index in [9.17, 15) is 14.7 Å². The van der Waals surface area contributed by atoms with Gasteiger partial charge in [-0.15, -0.1) is 18.3 Å². The van der Waals surface area contributed by atoms with E-state index >= 15 is 0 Å². The van der Waals surface area contributed by atoms with Crippen LogP contribution in [0.1, 0.15) is 54.4 Å². The highest BCUT2D eigenvalue weighted by Crippen LogP contribution is 2.29. The molecule has 2 atom stereocenters. The molecular formula is C21H29NO4S. The van der Waals surface area contributed by atoms with Crippen LogP contribution >= 0.6 is 11.8 Å². The molecule has 0 radical (unpaired) electrons. The third-order valence-electron chi connectivity index (χ3n) is 4.83. The number of hydrogen-bond donors (Lipinski definition) is 2. The number of carbonyl (C=O) groups excluding carboxylic acids is 1. The molecule has 27 heavy (non-hydrogen) atoms. The first-order valence-electron chi connectivity index (χ1n) is 9.53. The lowest BCUT2D eigenvalue weighted by Gasteiger charge is -2.25. The van der Waals surface area contributed by atoms with Crippen molar-refractivity contribution in [3.05, 3.63) is 48.0 Å². The molecule has 0 aliphatic carbocycles. The molecule has 148 valence electrons. The van der Waals surface area contributed by atoms with Gasteiger partial charge in [-0.1, -0.05) is 18.2 Å². The highest BCUT2D eigenvalue weighted by atomic mass is 32.2. The van der Waals surface area contributed by atoms with Gasteiger partial charge < -0.3 is 15.1 Å². The Morgan fingerprint density at radius 3 is 2.70 bits per heavy atom. The van der Waals surface area contributed by atoms with E-state index in [1.165, 1.54) is 0 Å². The Morgan fingerprint density at radius 1 is 1.30 bits per heavy atom. The van der Waals surface area contributed by atoms with E-state index in [1.807, 2.05) is 23.1 Å². The number of allylic oxidation sites excluding steroid dienone is 1. The van der Waals surface area contributed by atoms with Crippen molar-refractivity contribution in [2.24, 2.45) is 0 Å². The zero-order chi connectivity index (χ0) is 19.6. The van der Waals surface area contributed by atoms with Crippen molar-refractivity contribution in [1.82, 2.24) is 4.90 Å². The molecule has 0 bridgehead atoms. The minimum atomic E-state index is -0.912. The summed E-state index contributed by atoms with van der Waals surface area (Å²) in [5.41, 5.74) is 1.41. The first kappa shape index (κ1) is 21.5. The highest BCUT2D eigenvalue weighted by Gasteiger charge is 2.31. The van der Waals surface area contributed by atoms with Gasteiger partial charge in [-0.2, -0.15) is 0 Å². The normalized spacial score (nSPS) is 17.9. The Bertz CT molecular complexity index is 632. The molecule has 1 heterocycles. The van der Waals surface area contributed by atoms with Crippen molar-refractivity contribution in [2.45, 2.75) is 56.4 Å². The van der Waals surface area contributed by atoms with Gasteiger partial charge in [-0.3, -0.25) is 4.79 Å². The molecule has 1 saturated heterocycles. The third-order valence-corrected chi connectivity index (χ3v) is 6.12. The summed E-state index contributed by atoms with van der Waals surface area (Å²) in [6, 6.07) is 6.97. The van der Waals surface area contributed by atoms with Crippen LogP contribution in [0.4, 0.5) is 0 Å². The zero-order valence-corrected chi connectivity index (χ0v) is 16.5. The minimum absolute atomic E-state index is 0.161. The number of carboxylic acid groups (broad SMARTS) is 1. The second-order valence-corrected chi connectivity index (χ2v) is 8.08. The number of hydrogen-bond acceptors (Lipinski definition) is 4. The van der Waals surface area contributed by atoms with E-state index in [1.54, 1.807) is 23.9 Å². The SMILES string of the molecule is C=CCCC[C@H](O)CCN1C(=O)CS[C@H]1CCCc1ccc(C(=O)O)cc1. The standard InChI is InChI=1S/C21H29NO4S/c1-2-3-4-7-18(23)13-14-22-19(24)15-27-20(22)8-5-6-16-9-11-17(12-10-16)21(25)26/h2,9-12,18,20,23H,1,3-8,13-15H2,(H,25,26)/t18-,20-/m0/s1. The number of carboxylic acids is 1. The topological polar surface area (TPSA) is 77.8 Å². The van der Waals surface area contributed by atoms with Crippen LogP contribution in [0.2, 0.25) is 0 Å². The molecule has 2 N–H and O–H groups in total. The fraction of sp³-hybridized carbons (Fsp3) is 0.524. The van der Waals surface area contributed by atoms with Gasteiger partial charge in [0.15, 0.2) is 0 Å². The van der Waals surface area contributed by atoms with Crippen molar-refractivity contribution >= 4 is 23.6 Å². The lowest BCUT2D eigenvalue weighted by Crippen LogP contribution is -2.35. The zero-order valence-electron chi connectivity index (χ0n) is 15.7. The Balaban J connectivity index is 1.74. The molecule has 0 spiro atoms. The number of aryl methyl sites for hydroxylation is 1. The Hall–Kier alpha value is -1.79. The summed E-state index contributed by atoms with van der Waals surface area (Å²) < 4.78 is 0. The van der Waals surface area contributed by atoms with Gasteiger partial charge in [0.2, 0.25) is 5.91 Å². The van der Waals surface area contributed by atoms with E-state index in [-0.39, 0.29) is 17.4 Å². The van der Waals surface area contributed by atoms with Gasteiger partial charge in [0.25, 0.3) is 0 Å². The number of rotatable bonds is 12. The van der Waals surface area contributed by atoms with Crippen LogP contribution in [0.3, 0.4) is 0 Å². The van der Waals surface area contributed by atoms with E-state index in [0.29, 0.717) is 24.3 Å². The first-order chi connectivity index (χ1) is 13.0. The number of aliphatic hydroxyl groups excluding tert-OH is 1. The third kappa shape index (κ3) is 7.03. The van der Waals surface area contributed by atoms with Crippen LogP contribution in [0.15, 0.2) is 36.9 Å². The summed E-state index contributed by atoms with van der Waals surface area (Å²) in [6.07, 6.45) is 7.41. The molecular weight excluding hydrogens is 362 g/mol. The molecule has 1 aliphatic rings. The van der Waals surface area contributed by atoms with Gasteiger partial charge in [-0.25, -0.2) is 4.79 Å². The van der Waals surface area contributed by atoms with Gasteiger partial charge >= 0.3 is 5.97 Å². The summed E-state index contributed by atoms with van der Waals surface area (Å²) in [5.74, 6) is -0.233. The number of aliphatic hydroxyl groups is 1.